The number of para-hydroxylation sites is 2. The largest absolute Gasteiger partial charge is 0.492 e. The number of hydrogen-bond acceptors (Lipinski definition) is 4. The third kappa shape index (κ3) is 3.21. The van der Waals surface area contributed by atoms with Crippen LogP contribution in [0.4, 0.5) is 11.4 Å². The molecule has 1 aliphatic heterocycles. The predicted molar refractivity (Wildman–Crippen MR) is 93.6 cm³/mol. The zero-order chi connectivity index (χ0) is 17.1. The van der Waals surface area contributed by atoms with Crippen molar-refractivity contribution in [2.45, 2.75) is 19.4 Å². The van der Waals surface area contributed by atoms with Crippen LogP contribution in [-0.2, 0) is 9.59 Å². The van der Waals surface area contributed by atoms with Crippen LogP contribution in [0.1, 0.15) is 13.3 Å². The summed E-state index contributed by atoms with van der Waals surface area (Å²) in [5.41, 5.74) is 1.22. The molecule has 0 aliphatic carbocycles. The minimum Gasteiger partial charge on any atom is -0.492 e. The second kappa shape index (κ2) is 6.93. The molecule has 0 unspecified atom stereocenters. The maximum Gasteiger partial charge on any atom is 0.256 e. The Bertz CT molecular complexity index is 761. The quantitative estimate of drug-likeness (QED) is 0.844. The minimum atomic E-state index is -0.616. The lowest BCUT2D eigenvalue weighted by Crippen LogP contribution is -2.34. The van der Waals surface area contributed by atoms with E-state index in [1.165, 1.54) is 4.90 Å². The molecule has 2 aromatic rings. The number of hydrogen-bond donors (Lipinski definition) is 1. The molecule has 2 amide bonds. The van der Waals surface area contributed by atoms with Gasteiger partial charge in [0.05, 0.1) is 24.4 Å². The van der Waals surface area contributed by atoms with E-state index in [-0.39, 0.29) is 18.2 Å². The normalized spacial score (nSPS) is 17.2. The molecule has 0 spiro atoms. The summed E-state index contributed by atoms with van der Waals surface area (Å²) < 4.78 is 5.55. The molecule has 6 heteroatoms. The summed E-state index contributed by atoms with van der Waals surface area (Å²) in [5.74, 6) is 0.132. The van der Waals surface area contributed by atoms with Crippen molar-refractivity contribution in [2.24, 2.45) is 0 Å². The topological polar surface area (TPSA) is 58.6 Å². The second-order valence-electron chi connectivity index (χ2n) is 5.37. The van der Waals surface area contributed by atoms with Gasteiger partial charge < -0.3 is 10.1 Å². The van der Waals surface area contributed by atoms with Crippen molar-refractivity contribution in [3.8, 4) is 5.75 Å². The number of benzene rings is 2. The molecule has 124 valence electrons. The molecule has 0 radical (unpaired) electrons. The fourth-order valence-electron chi connectivity index (χ4n) is 2.66. The Labute approximate surface area is 145 Å². The van der Waals surface area contributed by atoms with E-state index in [4.69, 9.17) is 16.3 Å². The van der Waals surface area contributed by atoms with Crippen LogP contribution in [0.3, 0.4) is 0 Å². The number of carbonyl (C=O) groups excluding carboxylic acids is 2. The van der Waals surface area contributed by atoms with Crippen LogP contribution in [0.25, 0.3) is 0 Å². The second-order valence-corrected chi connectivity index (χ2v) is 5.81. The van der Waals surface area contributed by atoms with Gasteiger partial charge >= 0.3 is 0 Å². The van der Waals surface area contributed by atoms with Crippen LogP contribution >= 0.6 is 11.6 Å². The highest BCUT2D eigenvalue weighted by molar-refractivity contribution is 6.30. The average Bonchev–Trinajstić information content (AvgIpc) is 2.85. The Hall–Kier alpha value is -2.53. The van der Waals surface area contributed by atoms with Crippen molar-refractivity contribution in [2.75, 3.05) is 16.8 Å². The van der Waals surface area contributed by atoms with Gasteiger partial charge in [0.15, 0.2) is 0 Å². The highest BCUT2D eigenvalue weighted by Crippen LogP contribution is 2.29. The third-order valence-electron chi connectivity index (χ3n) is 3.75. The van der Waals surface area contributed by atoms with Gasteiger partial charge in [-0.15, -0.1) is 0 Å². The summed E-state index contributed by atoms with van der Waals surface area (Å²) in [5, 5.41) is 3.68. The van der Waals surface area contributed by atoms with Gasteiger partial charge in [-0.25, -0.2) is 4.90 Å². The molecule has 1 aliphatic rings. The fourth-order valence-corrected chi connectivity index (χ4v) is 2.79. The van der Waals surface area contributed by atoms with Crippen molar-refractivity contribution in [3.05, 3.63) is 53.6 Å². The maximum absolute atomic E-state index is 12.6. The fraction of sp³-hybridized carbons (Fsp3) is 0.222. The minimum absolute atomic E-state index is 0.0991. The van der Waals surface area contributed by atoms with Gasteiger partial charge in [0.2, 0.25) is 5.91 Å². The van der Waals surface area contributed by atoms with Gasteiger partial charge in [-0.05, 0) is 43.3 Å². The number of rotatable bonds is 5. The number of carbonyl (C=O) groups is 2. The lowest BCUT2D eigenvalue weighted by Gasteiger charge is -2.17. The number of nitrogens with zero attached hydrogens (tertiary/aromatic N) is 1. The number of ether oxygens (including phenoxy) is 1. The Morgan fingerprint density at radius 1 is 1.17 bits per heavy atom. The van der Waals surface area contributed by atoms with E-state index in [9.17, 15) is 9.59 Å². The third-order valence-corrected chi connectivity index (χ3v) is 4.00. The smallest absolute Gasteiger partial charge is 0.256 e. The Kier molecular flexibility index (Phi) is 4.71. The number of halogens is 1. The summed E-state index contributed by atoms with van der Waals surface area (Å²) in [6.07, 6.45) is 0.0991. The van der Waals surface area contributed by atoms with E-state index in [0.29, 0.717) is 28.8 Å². The van der Waals surface area contributed by atoms with E-state index in [1.54, 1.807) is 24.3 Å². The van der Waals surface area contributed by atoms with Gasteiger partial charge in [0.1, 0.15) is 11.8 Å². The maximum atomic E-state index is 12.6. The SMILES string of the molecule is CCOc1ccccc1N[C@@H]1CC(=O)N(c2ccc(Cl)cc2)C1=O. The number of amides is 2. The molecule has 1 fully saturated rings. The molecule has 0 bridgehead atoms. The van der Waals surface area contributed by atoms with Crippen LogP contribution in [0.2, 0.25) is 5.02 Å². The van der Waals surface area contributed by atoms with E-state index in [0.717, 1.165) is 0 Å². The lowest BCUT2D eigenvalue weighted by atomic mass is 10.2. The van der Waals surface area contributed by atoms with E-state index in [1.807, 2.05) is 31.2 Å². The summed E-state index contributed by atoms with van der Waals surface area (Å²) >= 11 is 5.86. The standard InChI is InChI=1S/C18H17ClN2O3/c1-2-24-16-6-4-3-5-14(16)20-15-11-17(22)21(18(15)23)13-9-7-12(19)8-10-13/h3-10,15,20H,2,11H2,1H3/t15-/m1/s1. The highest BCUT2D eigenvalue weighted by Gasteiger charge is 2.39. The van der Waals surface area contributed by atoms with Crippen molar-refractivity contribution in [1.82, 2.24) is 0 Å². The van der Waals surface area contributed by atoms with Crippen LogP contribution in [0, 0.1) is 0 Å². The van der Waals surface area contributed by atoms with Gasteiger partial charge in [-0.3, -0.25) is 9.59 Å². The highest BCUT2D eigenvalue weighted by atomic mass is 35.5. The van der Waals surface area contributed by atoms with Crippen LogP contribution in [0.15, 0.2) is 48.5 Å². The van der Waals surface area contributed by atoms with Crippen molar-refractivity contribution < 1.29 is 14.3 Å². The first-order chi connectivity index (χ1) is 11.6. The zero-order valence-corrected chi connectivity index (χ0v) is 13.9. The summed E-state index contributed by atoms with van der Waals surface area (Å²) in [6, 6.07) is 13.4. The van der Waals surface area contributed by atoms with Gasteiger partial charge in [0.25, 0.3) is 5.91 Å². The van der Waals surface area contributed by atoms with Crippen molar-refractivity contribution in [3.63, 3.8) is 0 Å². The number of imide groups is 1. The summed E-state index contributed by atoms with van der Waals surface area (Å²) in [4.78, 5) is 26.1. The van der Waals surface area contributed by atoms with E-state index < -0.39 is 6.04 Å². The van der Waals surface area contributed by atoms with Crippen molar-refractivity contribution >= 4 is 34.8 Å². The molecule has 2 aromatic carbocycles. The van der Waals surface area contributed by atoms with Crippen LogP contribution < -0.4 is 15.0 Å². The first kappa shape index (κ1) is 16.3. The molecule has 0 aromatic heterocycles. The molecule has 1 atom stereocenters. The van der Waals surface area contributed by atoms with E-state index in [2.05, 4.69) is 5.32 Å². The van der Waals surface area contributed by atoms with Crippen molar-refractivity contribution in [1.29, 1.82) is 0 Å². The molecule has 3 rings (SSSR count). The molecule has 0 saturated carbocycles. The summed E-state index contributed by atoms with van der Waals surface area (Å²) in [7, 11) is 0. The molecular formula is C18H17ClN2O3. The monoisotopic (exact) mass is 344 g/mol. The zero-order valence-electron chi connectivity index (χ0n) is 13.2. The van der Waals surface area contributed by atoms with Crippen LogP contribution in [0.5, 0.6) is 5.75 Å². The molecule has 24 heavy (non-hydrogen) atoms. The molecule has 1 heterocycles. The van der Waals surface area contributed by atoms with Gasteiger partial charge in [-0.1, -0.05) is 23.7 Å². The Morgan fingerprint density at radius 3 is 2.58 bits per heavy atom. The number of nitrogens with one attached hydrogen (secondary N) is 1. The molecule has 1 saturated heterocycles. The molecule has 5 nitrogen and oxygen atoms in total. The lowest BCUT2D eigenvalue weighted by molar-refractivity contribution is -0.121. The average molecular weight is 345 g/mol. The van der Waals surface area contributed by atoms with E-state index >= 15 is 0 Å². The molecule has 1 N–H and O–H groups in total. The molecular weight excluding hydrogens is 328 g/mol. The van der Waals surface area contributed by atoms with Gasteiger partial charge in [-0.2, -0.15) is 0 Å². The first-order valence-corrected chi connectivity index (χ1v) is 8.08. The first-order valence-electron chi connectivity index (χ1n) is 7.71. The Morgan fingerprint density at radius 2 is 1.88 bits per heavy atom. The van der Waals surface area contributed by atoms with Crippen LogP contribution in [-0.4, -0.2) is 24.5 Å². The Balaban J connectivity index is 1.81. The van der Waals surface area contributed by atoms with Gasteiger partial charge in [0, 0.05) is 5.02 Å². The predicted octanol–water partition coefficient (Wildman–Crippen LogP) is 3.48. The summed E-state index contributed by atoms with van der Waals surface area (Å²) in [6.45, 7) is 2.41. The number of anilines is 2.